The number of fused-ring (bicyclic) bond motifs is 3. The fourth-order valence-electron chi connectivity index (χ4n) is 3.62. The zero-order valence-corrected chi connectivity index (χ0v) is 17.6. The molecule has 2 aromatic heterocycles. The number of nitrogens with zero attached hydrogens (tertiary/aromatic N) is 2. The first kappa shape index (κ1) is 18.4. The van der Waals surface area contributed by atoms with Gasteiger partial charge >= 0.3 is 0 Å². The quantitative estimate of drug-likeness (QED) is 0.653. The van der Waals surface area contributed by atoms with Gasteiger partial charge in [-0.3, -0.25) is 14.2 Å². The molecule has 27 heavy (non-hydrogen) atoms. The zero-order valence-electron chi connectivity index (χ0n) is 15.2. The first-order valence-corrected chi connectivity index (χ1v) is 10.6. The highest BCUT2D eigenvalue weighted by atomic mass is 79.9. The van der Waals surface area contributed by atoms with Crippen molar-refractivity contribution in [2.45, 2.75) is 39.7 Å². The predicted molar refractivity (Wildman–Crippen MR) is 113 cm³/mol. The second-order valence-electron chi connectivity index (χ2n) is 7.14. The van der Waals surface area contributed by atoms with E-state index in [4.69, 9.17) is 0 Å². The minimum absolute atomic E-state index is 0.0405. The number of anilines is 1. The molecule has 3 aromatic rings. The van der Waals surface area contributed by atoms with Crippen LogP contribution in [0.5, 0.6) is 0 Å². The smallest absolute Gasteiger partial charge is 0.263 e. The molecule has 0 saturated carbocycles. The van der Waals surface area contributed by atoms with E-state index >= 15 is 0 Å². The van der Waals surface area contributed by atoms with Crippen LogP contribution in [-0.4, -0.2) is 15.5 Å². The maximum absolute atomic E-state index is 13.1. The lowest BCUT2D eigenvalue weighted by molar-refractivity contribution is -0.116. The Labute approximate surface area is 169 Å². The average Bonchev–Trinajstić information content (AvgIpc) is 2.95. The van der Waals surface area contributed by atoms with Gasteiger partial charge in [0.25, 0.3) is 5.56 Å². The van der Waals surface area contributed by atoms with Gasteiger partial charge < -0.3 is 5.32 Å². The molecular weight excluding hydrogens is 426 g/mol. The lowest BCUT2D eigenvalue weighted by atomic mass is 9.89. The number of thiophene rings is 1. The summed E-state index contributed by atoms with van der Waals surface area (Å²) in [6.45, 7) is 3.99. The predicted octanol–water partition coefficient (Wildman–Crippen LogP) is 4.29. The second-order valence-corrected chi connectivity index (χ2v) is 9.14. The molecule has 0 saturated heterocycles. The van der Waals surface area contributed by atoms with Crippen molar-refractivity contribution in [2.75, 3.05) is 5.32 Å². The van der Waals surface area contributed by atoms with E-state index in [0.717, 1.165) is 34.1 Å². The number of aromatic nitrogens is 2. The highest BCUT2D eigenvalue weighted by Crippen LogP contribution is 2.35. The van der Waals surface area contributed by atoms with E-state index in [1.54, 1.807) is 18.3 Å². The van der Waals surface area contributed by atoms with Crippen molar-refractivity contribution in [2.24, 2.45) is 5.92 Å². The Morgan fingerprint density at radius 3 is 3.04 bits per heavy atom. The van der Waals surface area contributed by atoms with E-state index in [0.29, 0.717) is 22.8 Å². The minimum Gasteiger partial charge on any atom is -0.324 e. The van der Waals surface area contributed by atoms with E-state index in [1.807, 2.05) is 24.3 Å². The third kappa shape index (κ3) is 3.58. The van der Waals surface area contributed by atoms with Crippen LogP contribution in [0.3, 0.4) is 0 Å². The lowest BCUT2D eigenvalue weighted by Crippen LogP contribution is -2.30. The van der Waals surface area contributed by atoms with Crippen molar-refractivity contribution in [3.8, 4) is 0 Å². The fraction of sp³-hybridized carbons (Fsp3) is 0.350. The standard InChI is InChI=1S/C20H20BrN3O2S/c1-11-6-7-15-16(8-11)27-19-18(15)20(26)24(12(2)22-19)10-17(25)23-14-5-3-4-13(21)9-14/h3-5,9,11H,6-8,10H2,1-2H3,(H,23,25)/t11-/m0/s1. The maximum Gasteiger partial charge on any atom is 0.263 e. The van der Waals surface area contributed by atoms with Crippen LogP contribution in [0.15, 0.2) is 33.5 Å². The molecule has 0 fully saturated rings. The lowest BCUT2D eigenvalue weighted by Gasteiger charge is -2.17. The highest BCUT2D eigenvalue weighted by molar-refractivity contribution is 9.10. The van der Waals surface area contributed by atoms with E-state index in [-0.39, 0.29) is 18.0 Å². The SMILES string of the molecule is Cc1nc2sc3c(c2c(=O)n1CC(=O)Nc1cccc(Br)c1)CC[C@H](C)C3. The van der Waals surface area contributed by atoms with Crippen molar-refractivity contribution < 1.29 is 4.79 Å². The summed E-state index contributed by atoms with van der Waals surface area (Å²) in [5.74, 6) is 0.977. The minimum atomic E-state index is -0.239. The van der Waals surface area contributed by atoms with E-state index < -0.39 is 0 Å². The van der Waals surface area contributed by atoms with Crippen molar-refractivity contribution in [3.63, 3.8) is 0 Å². The summed E-state index contributed by atoms with van der Waals surface area (Å²) in [7, 11) is 0. The van der Waals surface area contributed by atoms with Crippen LogP contribution in [0, 0.1) is 12.8 Å². The largest absolute Gasteiger partial charge is 0.324 e. The number of carbonyl (C=O) groups excluding carboxylic acids is 1. The Bertz CT molecular complexity index is 1100. The summed E-state index contributed by atoms with van der Waals surface area (Å²) < 4.78 is 2.37. The average molecular weight is 446 g/mol. The van der Waals surface area contributed by atoms with Gasteiger partial charge in [-0.05, 0) is 55.9 Å². The number of nitrogens with one attached hydrogen (secondary N) is 1. The van der Waals surface area contributed by atoms with Gasteiger partial charge in [0.2, 0.25) is 5.91 Å². The van der Waals surface area contributed by atoms with Gasteiger partial charge in [0, 0.05) is 15.0 Å². The molecule has 1 atom stereocenters. The molecule has 1 N–H and O–H groups in total. The van der Waals surface area contributed by atoms with Gasteiger partial charge in [0.1, 0.15) is 17.2 Å². The Balaban J connectivity index is 1.67. The number of aryl methyl sites for hydroxylation is 2. The molecule has 5 nitrogen and oxygen atoms in total. The summed E-state index contributed by atoms with van der Waals surface area (Å²) in [5.41, 5.74) is 1.73. The van der Waals surface area contributed by atoms with Crippen molar-refractivity contribution in [1.82, 2.24) is 9.55 Å². The van der Waals surface area contributed by atoms with Crippen LogP contribution in [-0.2, 0) is 24.2 Å². The first-order valence-electron chi connectivity index (χ1n) is 8.99. The number of halogens is 1. The number of hydrogen-bond acceptors (Lipinski definition) is 4. The molecule has 2 heterocycles. The monoisotopic (exact) mass is 445 g/mol. The Morgan fingerprint density at radius 2 is 2.26 bits per heavy atom. The molecule has 1 amide bonds. The molecule has 0 radical (unpaired) electrons. The normalized spacial score (nSPS) is 16.3. The van der Waals surface area contributed by atoms with Gasteiger partial charge in [0.05, 0.1) is 5.39 Å². The van der Waals surface area contributed by atoms with Gasteiger partial charge in [0.15, 0.2) is 0 Å². The van der Waals surface area contributed by atoms with Crippen LogP contribution in [0.25, 0.3) is 10.2 Å². The van der Waals surface area contributed by atoms with E-state index in [1.165, 1.54) is 9.44 Å². The third-order valence-corrected chi connectivity index (χ3v) is 6.66. The number of carbonyl (C=O) groups is 1. The molecule has 1 aliphatic carbocycles. The Hall–Kier alpha value is -1.99. The molecule has 4 rings (SSSR count). The maximum atomic E-state index is 13.1. The van der Waals surface area contributed by atoms with Crippen LogP contribution in [0.1, 0.15) is 29.6 Å². The molecule has 0 aliphatic heterocycles. The van der Waals surface area contributed by atoms with E-state index in [2.05, 4.69) is 33.2 Å². The van der Waals surface area contributed by atoms with Gasteiger partial charge in [-0.2, -0.15) is 0 Å². The number of amides is 1. The second kappa shape index (κ2) is 7.20. The fourth-order valence-corrected chi connectivity index (χ4v) is 5.44. The molecule has 0 unspecified atom stereocenters. The number of benzene rings is 1. The van der Waals surface area contributed by atoms with Crippen LogP contribution in [0.4, 0.5) is 5.69 Å². The van der Waals surface area contributed by atoms with Gasteiger partial charge in [-0.25, -0.2) is 4.98 Å². The molecule has 1 aliphatic rings. The summed E-state index contributed by atoms with van der Waals surface area (Å²) in [4.78, 5) is 32.4. The molecular formula is C20H20BrN3O2S. The number of rotatable bonds is 3. The van der Waals surface area contributed by atoms with E-state index in [9.17, 15) is 9.59 Å². The van der Waals surface area contributed by atoms with Crippen molar-refractivity contribution in [3.05, 3.63) is 55.4 Å². The van der Waals surface area contributed by atoms with Crippen LogP contribution in [0.2, 0.25) is 0 Å². The first-order chi connectivity index (χ1) is 12.9. The van der Waals surface area contributed by atoms with Crippen molar-refractivity contribution >= 4 is 49.1 Å². The highest BCUT2D eigenvalue weighted by Gasteiger charge is 2.24. The summed E-state index contributed by atoms with van der Waals surface area (Å²) in [5, 5.41) is 3.55. The van der Waals surface area contributed by atoms with Crippen LogP contribution >= 0.6 is 27.3 Å². The summed E-state index contributed by atoms with van der Waals surface area (Å²) in [6, 6.07) is 7.38. The van der Waals surface area contributed by atoms with Crippen molar-refractivity contribution in [1.29, 1.82) is 0 Å². The van der Waals surface area contributed by atoms with Gasteiger partial charge in [-0.1, -0.05) is 28.9 Å². The third-order valence-electron chi connectivity index (χ3n) is 5.02. The number of hydrogen-bond donors (Lipinski definition) is 1. The molecule has 140 valence electrons. The summed E-state index contributed by atoms with van der Waals surface area (Å²) in [6.07, 6.45) is 3.02. The molecule has 7 heteroatoms. The van der Waals surface area contributed by atoms with Gasteiger partial charge in [-0.15, -0.1) is 11.3 Å². The molecule has 1 aromatic carbocycles. The Morgan fingerprint density at radius 1 is 1.44 bits per heavy atom. The topological polar surface area (TPSA) is 64.0 Å². The molecule has 0 bridgehead atoms. The molecule has 0 spiro atoms. The summed E-state index contributed by atoms with van der Waals surface area (Å²) >= 11 is 5.02. The van der Waals surface area contributed by atoms with Crippen LogP contribution < -0.4 is 10.9 Å². The zero-order chi connectivity index (χ0) is 19.1. The Kier molecular flexibility index (Phi) is 4.90.